The summed E-state index contributed by atoms with van der Waals surface area (Å²) in [6.45, 7) is 3.26. The minimum atomic E-state index is -1.05. The molecule has 2 aromatic carbocycles. The Balaban J connectivity index is 1.88. The molecule has 0 aliphatic carbocycles. The molecule has 0 fully saturated rings. The molecular formula is C20H20N2O7. The number of hydrogen-bond donors (Lipinski definition) is 1. The van der Waals surface area contributed by atoms with E-state index in [-0.39, 0.29) is 11.3 Å². The third-order valence-corrected chi connectivity index (χ3v) is 3.85. The molecule has 0 saturated carbocycles. The number of nitrogens with zero attached hydrogens (tertiary/aromatic N) is 1. The Labute approximate surface area is 166 Å². The molecular weight excluding hydrogens is 380 g/mol. The summed E-state index contributed by atoms with van der Waals surface area (Å²) >= 11 is 0. The number of nitrogens with one attached hydrogen (secondary N) is 1. The number of amides is 1. The van der Waals surface area contributed by atoms with Gasteiger partial charge in [-0.25, -0.2) is 4.79 Å². The van der Waals surface area contributed by atoms with Crippen LogP contribution < -0.4 is 10.1 Å². The van der Waals surface area contributed by atoms with Crippen LogP contribution in [0.15, 0.2) is 48.5 Å². The van der Waals surface area contributed by atoms with Crippen molar-refractivity contribution in [2.45, 2.75) is 19.9 Å². The second-order valence-corrected chi connectivity index (χ2v) is 5.99. The first-order valence-corrected chi connectivity index (χ1v) is 8.79. The van der Waals surface area contributed by atoms with Gasteiger partial charge in [-0.1, -0.05) is 6.07 Å². The number of ketones is 1. The van der Waals surface area contributed by atoms with E-state index in [1.165, 1.54) is 25.1 Å². The third-order valence-electron chi connectivity index (χ3n) is 3.85. The fourth-order valence-corrected chi connectivity index (χ4v) is 2.35. The Bertz CT molecular complexity index is 909. The number of hydrogen-bond acceptors (Lipinski definition) is 7. The molecule has 9 nitrogen and oxygen atoms in total. The first-order valence-electron chi connectivity index (χ1n) is 8.79. The first-order chi connectivity index (χ1) is 13.8. The van der Waals surface area contributed by atoms with Crippen molar-refractivity contribution in [1.29, 1.82) is 0 Å². The quantitative estimate of drug-likeness (QED) is 0.297. The van der Waals surface area contributed by atoms with E-state index in [1.54, 1.807) is 24.3 Å². The molecule has 2 rings (SSSR count). The van der Waals surface area contributed by atoms with Gasteiger partial charge in [0, 0.05) is 23.3 Å². The Kier molecular flexibility index (Phi) is 7.41. The molecule has 152 valence electrons. The van der Waals surface area contributed by atoms with E-state index in [1.807, 2.05) is 6.92 Å². The van der Waals surface area contributed by atoms with Gasteiger partial charge >= 0.3 is 5.97 Å². The third kappa shape index (κ3) is 6.13. The lowest BCUT2D eigenvalue weighted by atomic mass is 10.1. The van der Waals surface area contributed by atoms with Gasteiger partial charge in [-0.05, 0) is 44.2 Å². The number of nitro benzene ring substituents is 1. The predicted molar refractivity (Wildman–Crippen MR) is 103 cm³/mol. The number of carbonyl (C=O) groups excluding carboxylic acids is 3. The molecule has 0 aromatic heterocycles. The van der Waals surface area contributed by atoms with Crippen molar-refractivity contribution in [1.82, 2.24) is 5.32 Å². The van der Waals surface area contributed by atoms with Crippen molar-refractivity contribution in [2.24, 2.45) is 0 Å². The molecule has 0 unspecified atom stereocenters. The molecule has 1 N–H and O–H groups in total. The number of Topliss-reactive ketones (excluding diaryl/α,β-unsaturated/α-hetero) is 1. The van der Waals surface area contributed by atoms with Gasteiger partial charge in [0.15, 0.2) is 12.4 Å². The molecule has 1 amide bonds. The SMILES string of the molecule is CCOc1ccc(C(=O)COC(=O)[C@H](C)NC(=O)c2cccc([N+](=O)[O-])c2)cc1. The average molecular weight is 400 g/mol. The Hall–Kier alpha value is -3.75. The van der Waals surface area contributed by atoms with Crippen LogP contribution in [0, 0.1) is 10.1 Å². The van der Waals surface area contributed by atoms with E-state index in [0.29, 0.717) is 17.9 Å². The second kappa shape index (κ2) is 9.98. The molecule has 0 aliphatic rings. The summed E-state index contributed by atoms with van der Waals surface area (Å²) in [4.78, 5) is 46.5. The molecule has 9 heteroatoms. The maximum Gasteiger partial charge on any atom is 0.328 e. The molecule has 0 bridgehead atoms. The number of rotatable bonds is 9. The Morgan fingerprint density at radius 1 is 1.10 bits per heavy atom. The van der Waals surface area contributed by atoms with Crippen LogP contribution in [0.4, 0.5) is 5.69 Å². The van der Waals surface area contributed by atoms with E-state index in [2.05, 4.69) is 5.32 Å². The van der Waals surface area contributed by atoms with Crippen molar-refractivity contribution in [2.75, 3.05) is 13.2 Å². The predicted octanol–water partition coefficient (Wildman–Crippen LogP) is 2.54. The summed E-state index contributed by atoms with van der Waals surface area (Å²) in [7, 11) is 0. The van der Waals surface area contributed by atoms with Gasteiger partial charge in [-0.15, -0.1) is 0 Å². The highest BCUT2D eigenvalue weighted by molar-refractivity contribution is 5.99. The number of non-ortho nitro benzene ring substituents is 1. The summed E-state index contributed by atoms with van der Waals surface area (Å²) in [5, 5.41) is 13.2. The second-order valence-electron chi connectivity index (χ2n) is 5.99. The molecule has 0 radical (unpaired) electrons. The summed E-state index contributed by atoms with van der Waals surface area (Å²) in [5.74, 6) is -1.25. The molecule has 1 atom stereocenters. The number of esters is 1. The zero-order valence-corrected chi connectivity index (χ0v) is 15.9. The number of benzene rings is 2. The van der Waals surface area contributed by atoms with Gasteiger partial charge in [-0.2, -0.15) is 0 Å². The molecule has 2 aromatic rings. The normalized spacial score (nSPS) is 11.2. The summed E-state index contributed by atoms with van der Waals surface area (Å²) in [6, 6.07) is 10.5. The van der Waals surface area contributed by atoms with E-state index in [9.17, 15) is 24.5 Å². The van der Waals surface area contributed by atoms with Crippen LogP contribution in [0.3, 0.4) is 0 Å². The van der Waals surface area contributed by atoms with Crippen LogP contribution in [-0.4, -0.2) is 41.8 Å². The van der Waals surface area contributed by atoms with Crippen molar-refractivity contribution in [3.05, 3.63) is 69.8 Å². The smallest absolute Gasteiger partial charge is 0.328 e. The molecule has 0 aliphatic heterocycles. The molecule has 0 spiro atoms. The minimum absolute atomic E-state index is 0.0318. The first kappa shape index (κ1) is 21.5. The lowest BCUT2D eigenvalue weighted by Gasteiger charge is -2.13. The van der Waals surface area contributed by atoms with Crippen LogP contribution in [0.1, 0.15) is 34.6 Å². The minimum Gasteiger partial charge on any atom is -0.494 e. The molecule has 0 saturated heterocycles. The van der Waals surface area contributed by atoms with E-state index in [0.717, 1.165) is 6.07 Å². The van der Waals surface area contributed by atoms with Gasteiger partial charge in [0.2, 0.25) is 0 Å². The topological polar surface area (TPSA) is 125 Å². The van der Waals surface area contributed by atoms with Crippen LogP contribution in [-0.2, 0) is 9.53 Å². The van der Waals surface area contributed by atoms with E-state index < -0.39 is 35.2 Å². The fourth-order valence-electron chi connectivity index (χ4n) is 2.35. The summed E-state index contributed by atoms with van der Waals surface area (Å²) < 4.78 is 10.2. The maximum atomic E-state index is 12.2. The highest BCUT2D eigenvalue weighted by Gasteiger charge is 2.20. The van der Waals surface area contributed by atoms with Crippen molar-refractivity contribution in [3.63, 3.8) is 0 Å². The largest absolute Gasteiger partial charge is 0.494 e. The van der Waals surface area contributed by atoms with E-state index in [4.69, 9.17) is 9.47 Å². The zero-order valence-electron chi connectivity index (χ0n) is 15.9. The van der Waals surface area contributed by atoms with E-state index >= 15 is 0 Å². The van der Waals surface area contributed by atoms with Crippen molar-refractivity contribution in [3.8, 4) is 5.75 Å². The average Bonchev–Trinajstić information content (AvgIpc) is 2.72. The van der Waals surface area contributed by atoms with Gasteiger partial charge in [0.25, 0.3) is 11.6 Å². The van der Waals surface area contributed by atoms with Gasteiger partial charge in [0.05, 0.1) is 11.5 Å². The standard InChI is InChI=1S/C20H20N2O7/c1-3-28-17-9-7-14(8-10-17)18(23)12-29-20(25)13(2)21-19(24)15-5-4-6-16(11-15)22(26)27/h4-11,13H,3,12H2,1-2H3,(H,21,24)/t13-/m0/s1. The fraction of sp³-hybridized carbons (Fsp3) is 0.250. The summed E-state index contributed by atoms with van der Waals surface area (Å²) in [6.07, 6.45) is 0. The molecule has 29 heavy (non-hydrogen) atoms. The Morgan fingerprint density at radius 3 is 2.41 bits per heavy atom. The van der Waals surface area contributed by atoms with Crippen LogP contribution >= 0.6 is 0 Å². The van der Waals surface area contributed by atoms with Gasteiger partial charge in [0.1, 0.15) is 11.8 Å². The number of nitro groups is 1. The lowest BCUT2D eigenvalue weighted by molar-refractivity contribution is -0.384. The number of carbonyl (C=O) groups is 3. The van der Waals surface area contributed by atoms with Gasteiger partial charge in [-0.3, -0.25) is 19.7 Å². The highest BCUT2D eigenvalue weighted by Crippen LogP contribution is 2.14. The number of ether oxygens (including phenoxy) is 2. The van der Waals surface area contributed by atoms with Crippen molar-refractivity contribution >= 4 is 23.3 Å². The van der Waals surface area contributed by atoms with Gasteiger partial charge < -0.3 is 14.8 Å². The maximum absolute atomic E-state index is 12.2. The summed E-state index contributed by atoms with van der Waals surface area (Å²) in [5.41, 5.74) is 0.146. The lowest BCUT2D eigenvalue weighted by Crippen LogP contribution is -2.40. The highest BCUT2D eigenvalue weighted by atomic mass is 16.6. The Morgan fingerprint density at radius 2 is 1.79 bits per heavy atom. The monoisotopic (exact) mass is 400 g/mol. The zero-order chi connectivity index (χ0) is 21.4. The van der Waals surface area contributed by atoms with Crippen LogP contribution in [0.2, 0.25) is 0 Å². The van der Waals surface area contributed by atoms with Crippen molar-refractivity contribution < 1.29 is 28.8 Å². The molecule has 0 heterocycles. The van der Waals surface area contributed by atoms with Crippen LogP contribution in [0.5, 0.6) is 5.75 Å². The van der Waals surface area contributed by atoms with Crippen LogP contribution in [0.25, 0.3) is 0 Å².